The van der Waals surface area contributed by atoms with Gasteiger partial charge in [0.15, 0.2) is 6.10 Å². The van der Waals surface area contributed by atoms with E-state index in [4.69, 9.17) is 14.2 Å². The third-order valence-corrected chi connectivity index (χ3v) is 13.5. The topological polar surface area (TPSA) is 78.9 Å². The van der Waals surface area contributed by atoms with Gasteiger partial charge >= 0.3 is 17.9 Å². The average molecular weight is 906 g/mol. The Morgan fingerprint density at radius 3 is 0.812 bits per heavy atom. The molecule has 6 heteroatoms. The van der Waals surface area contributed by atoms with Crippen LogP contribution in [0.3, 0.4) is 0 Å². The van der Waals surface area contributed by atoms with Crippen LogP contribution in [0.25, 0.3) is 0 Å². The molecule has 0 aliphatic carbocycles. The normalized spacial score (nSPS) is 12.6. The summed E-state index contributed by atoms with van der Waals surface area (Å²) in [5.74, 6) is 1.67. The SMILES string of the molecule is CCC(C)CCCCCCCCCCCCCCCCCCCCC(=O)OC[C@H](COC(=O)CCCCCCCCCCC(C)C)OC(=O)CCCCCCCCCCCCC(C)C. The molecule has 0 spiro atoms. The standard InChI is InChI=1S/C58H112O6/c1-7-54(6)46-40-34-28-21-16-14-12-10-8-9-11-13-15-17-22-29-35-41-47-56(59)62-50-55(51-63-57(60)48-42-36-30-25-24-27-33-39-45-53(4)5)64-58(61)49-43-37-31-23-19-18-20-26-32-38-44-52(2)3/h52-55H,7-51H2,1-6H3/t54?,55-/m1/s1. The van der Waals surface area contributed by atoms with Crippen molar-refractivity contribution in [2.45, 2.75) is 324 Å². The molecule has 0 saturated carbocycles. The summed E-state index contributed by atoms with van der Waals surface area (Å²) in [7, 11) is 0. The molecule has 380 valence electrons. The Hall–Kier alpha value is -1.59. The van der Waals surface area contributed by atoms with Gasteiger partial charge in [-0.05, 0) is 37.0 Å². The molecule has 0 saturated heterocycles. The van der Waals surface area contributed by atoms with Crippen LogP contribution in [-0.2, 0) is 28.6 Å². The van der Waals surface area contributed by atoms with Crippen LogP contribution in [0.4, 0.5) is 0 Å². The molecule has 0 aromatic heterocycles. The Kier molecular flexibility index (Phi) is 48.1. The van der Waals surface area contributed by atoms with Crippen LogP contribution in [0.2, 0.25) is 0 Å². The van der Waals surface area contributed by atoms with Gasteiger partial charge in [0.1, 0.15) is 13.2 Å². The van der Waals surface area contributed by atoms with Gasteiger partial charge < -0.3 is 14.2 Å². The van der Waals surface area contributed by atoms with Gasteiger partial charge in [-0.15, -0.1) is 0 Å². The highest BCUT2D eigenvalue weighted by molar-refractivity contribution is 5.71. The van der Waals surface area contributed by atoms with Crippen LogP contribution in [0, 0.1) is 17.8 Å². The van der Waals surface area contributed by atoms with Crippen LogP contribution in [0.15, 0.2) is 0 Å². The Morgan fingerprint density at radius 1 is 0.312 bits per heavy atom. The first-order valence-electron chi connectivity index (χ1n) is 28.6. The molecule has 0 aromatic carbocycles. The van der Waals surface area contributed by atoms with Crippen molar-refractivity contribution in [3.05, 3.63) is 0 Å². The smallest absolute Gasteiger partial charge is 0.306 e. The lowest BCUT2D eigenvalue weighted by atomic mass is 9.99. The molecule has 0 aromatic rings. The van der Waals surface area contributed by atoms with Crippen molar-refractivity contribution in [2.24, 2.45) is 17.8 Å². The van der Waals surface area contributed by atoms with Crippen LogP contribution in [0.5, 0.6) is 0 Å². The van der Waals surface area contributed by atoms with Gasteiger partial charge in [-0.25, -0.2) is 0 Å². The molecule has 64 heavy (non-hydrogen) atoms. The predicted molar refractivity (Wildman–Crippen MR) is 275 cm³/mol. The van der Waals surface area contributed by atoms with Crippen molar-refractivity contribution in [2.75, 3.05) is 13.2 Å². The van der Waals surface area contributed by atoms with Crippen molar-refractivity contribution in [3.8, 4) is 0 Å². The van der Waals surface area contributed by atoms with E-state index < -0.39 is 6.10 Å². The Morgan fingerprint density at radius 2 is 0.547 bits per heavy atom. The van der Waals surface area contributed by atoms with E-state index >= 15 is 0 Å². The molecule has 0 bridgehead atoms. The minimum absolute atomic E-state index is 0.0643. The summed E-state index contributed by atoms with van der Waals surface area (Å²) in [6, 6.07) is 0. The van der Waals surface area contributed by atoms with Crippen LogP contribution >= 0.6 is 0 Å². The van der Waals surface area contributed by atoms with Crippen molar-refractivity contribution >= 4 is 17.9 Å². The third kappa shape index (κ3) is 49.8. The Labute approximate surface area is 399 Å². The molecule has 0 amide bonds. The second-order valence-electron chi connectivity index (χ2n) is 21.1. The van der Waals surface area contributed by atoms with Crippen molar-refractivity contribution in [1.82, 2.24) is 0 Å². The van der Waals surface area contributed by atoms with Crippen LogP contribution in [-0.4, -0.2) is 37.2 Å². The van der Waals surface area contributed by atoms with Gasteiger partial charge in [0, 0.05) is 19.3 Å². The van der Waals surface area contributed by atoms with Gasteiger partial charge in [0.25, 0.3) is 0 Å². The quantitative estimate of drug-likeness (QED) is 0.0344. The number of carbonyl (C=O) groups is 3. The van der Waals surface area contributed by atoms with E-state index in [2.05, 4.69) is 41.5 Å². The minimum Gasteiger partial charge on any atom is -0.462 e. The fourth-order valence-electron chi connectivity index (χ4n) is 8.79. The zero-order valence-corrected chi connectivity index (χ0v) is 44.1. The summed E-state index contributed by atoms with van der Waals surface area (Å²) in [4.78, 5) is 38.0. The summed E-state index contributed by atoms with van der Waals surface area (Å²) in [6.45, 7) is 13.8. The van der Waals surface area contributed by atoms with Crippen LogP contribution < -0.4 is 0 Å². The van der Waals surface area contributed by atoms with Crippen LogP contribution in [0.1, 0.15) is 318 Å². The maximum Gasteiger partial charge on any atom is 0.306 e. The third-order valence-electron chi connectivity index (χ3n) is 13.5. The van der Waals surface area contributed by atoms with E-state index in [0.717, 1.165) is 75.5 Å². The maximum atomic E-state index is 12.8. The minimum atomic E-state index is -0.763. The zero-order valence-electron chi connectivity index (χ0n) is 44.1. The second-order valence-corrected chi connectivity index (χ2v) is 21.1. The average Bonchev–Trinajstić information content (AvgIpc) is 3.27. The van der Waals surface area contributed by atoms with E-state index in [9.17, 15) is 14.4 Å². The highest BCUT2D eigenvalue weighted by Crippen LogP contribution is 2.19. The number of hydrogen-bond donors (Lipinski definition) is 0. The fraction of sp³-hybridized carbons (Fsp3) is 0.948. The summed E-state index contributed by atoms with van der Waals surface area (Å²) < 4.78 is 16.9. The van der Waals surface area contributed by atoms with Crippen molar-refractivity contribution in [3.63, 3.8) is 0 Å². The molecular formula is C58H112O6. The molecule has 1 unspecified atom stereocenters. The molecule has 0 radical (unpaired) electrons. The van der Waals surface area contributed by atoms with Gasteiger partial charge in [0.2, 0.25) is 0 Å². The fourth-order valence-corrected chi connectivity index (χ4v) is 8.79. The van der Waals surface area contributed by atoms with E-state index in [1.165, 1.54) is 199 Å². The van der Waals surface area contributed by atoms with Gasteiger partial charge in [-0.2, -0.15) is 0 Å². The monoisotopic (exact) mass is 905 g/mol. The largest absolute Gasteiger partial charge is 0.462 e. The van der Waals surface area contributed by atoms with Crippen molar-refractivity contribution < 1.29 is 28.6 Å². The first-order valence-corrected chi connectivity index (χ1v) is 28.6. The maximum absolute atomic E-state index is 12.8. The summed E-state index contributed by atoms with van der Waals surface area (Å²) in [5, 5.41) is 0. The lowest BCUT2D eigenvalue weighted by Crippen LogP contribution is -2.30. The number of esters is 3. The lowest BCUT2D eigenvalue weighted by molar-refractivity contribution is -0.167. The number of rotatable bonds is 51. The summed E-state index contributed by atoms with van der Waals surface area (Å²) in [6.07, 6.45) is 51.0. The number of carbonyl (C=O) groups excluding carboxylic acids is 3. The lowest BCUT2D eigenvalue weighted by Gasteiger charge is -2.18. The predicted octanol–water partition coefficient (Wildman–Crippen LogP) is 18.7. The second kappa shape index (κ2) is 49.3. The van der Waals surface area contributed by atoms with E-state index in [1.807, 2.05) is 0 Å². The van der Waals surface area contributed by atoms with Gasteiger partial charge in [0.05, 0.1) is 0 Å². The number of ether oxygens (including phenoxy) is 3. The first kappa shape index (κ1) is 62.4. The highest BCUT2D eigenvalue weighted by Gasteiger charge is 2.19. The Bertz CT molecular complexity index is 993. The van der Waals surface area contributed by atoms with E-state index in [0.29, 0.717) is 19.3 Å². The first-order chi connectivity index (χ1) is 31.1. The molecule has 0 rings (SSSR count). The zero-order chi connectivity index (χ0) is 47.0. The molecule has 6 nitrogen and oxygen atoms in total. The van der Waals surface area contributed by atoms with Gasteiger partial charge in [-0.3, -0.25) is 14.4 Å². The highest BCUT2D eigenvalue weighted by atomic mass is 16.6. The summed E-state index contributed by atoms with van der Waals surface area (Å²) in [5.41, 5.74) is 0. The molecule has 0 N–H and O–H groups in total. The molecule has 0 aliphatic heterocycles. The summed E-state index contributed by atoms with van der Waals surface area (Å²) >= 11 is 0. The number of unbranched alkanes of at least 4 members (excludes halogenated alkanes) is 33. The van der Waals surface area contributed by atoms with Gasteiger partial charge in [-0.1, -0.05) is 279 Å². The number of hydrogen-bond acceptors (Lipinski definition) is 6. The van der Waals surface area contributed by atoms with E-state index in [1.54, 1.807) is 0 Å². The van der Waals surface area contributed by atoms with Crippen molar-refractivity contribution in [1.29, 1.82) is 0 Å². The van der Waals surface area contributed by atoms with E-state index in [-0.39, 0.29) is 31.1 Å². The Balaban J connectivity index is 4.20. The molecular weight excluding hydrogens is 793 g/mol. The molecule has 2 atom stereocenters. The molecule has 0 aliphatic rings. The molecule has 0 fully saturated rings. The molecule has 0 heterocycles.